The number of ether oxygens (including phenoxy) is 1. The molecule has 0 aromatic carbocycles. The van der Waals surface area contributed by atoms with Crippen LogP contribution in [0.25, 0.3) is 11.4 Å². The van der Waals surface area contributed by atoms with Crippen LogP contribution < -0.4 is 5.32 Å². The number of nitrogens with zero attached hydrogens (tertiary/aromatic N) is 4. The normalized spacial score (nSPS) is 12.4. The Morgan fingerprint density at radius 2 is 2.00 bits per heavy atom. The molecule has 0 aliphatic carbocycles. The zero-order chi connectivity index (χ0) is 18.2. The summed E-state index contributed by atoms with van der Waals surface area (Å²) < 4.78 is 7.18. The van der Waals surface area contributed by atoms with Gasteiger partial charge in [0.1, 0.15) is 0 Å². The maximum absolute atomic E-state index is 12.2. The first kappa shape index (κ1) is 19.4. The van der Waals surface area contributed by atoms with Crippen LogP contribution in [-0.4, -0.2) is 51.2 Å². The SMILES string of the molecule is COCCn1c(SC(C)C(=O)NCC(C)C)nnc1-c1ccncc1. The summed E-state index contributed by atoms with van der Waals surface area (Å²) in [4.78, 5) is 16.3. The standard InChI is InChI=1S/C17H25N5O2S/c1-12(2)11-19-16(23)13(3)25-17-21-20-15(22(17)9-10-24-4)14-5-7-18-8-6-14/h5-8,12-13H,9-11H2,1-4H3,(H,19,23). The van der Waals surface area contributed by atoms with E-state index in [9.17, 15) is 4.79 Å². The molecule has 25 heavy (non-hydrogen) atoms. The highest BCUT2D eigenvalue weighted by Crippen LogP contribution is 2.26. The second-order valence-corrected chi connectivity index (χ2v) is 7.39. The zero-order valence-corrected chi connectivity index (χ0v) is 15.9. The van der Waals surface area contributed by atoms with Gasteiger partial charge in [0.05, 0.1) is 18.4 Å². The minimum atomic E-state index is -0.255. The second-order valence-electron chi connectivity index (χ2n) is 6.09. The Hall–Kier alpha value is -1.93. The summed E-state index contributed by atoms with van der Waals surface area (Å²) in [6.07, 6.45) is 3.44. The number of nitrogens with one attached hydrogen (secondary N) is 1. The van der Waals surface area contributed by atoms with Crippen LogP contribution in [0.4, 0.5) is 0 Å². The van der Waals surface area contributed by atoms with Crippen molar-refractivity contribution in [1.82, 2.24) is 25.1 Å². The van der Waals surface area contributed by atoms with Gasteiger partial charge >= 0.3 is 0 Å². The molecule has 0 saturated heterocycles. The number of hydrogen-bond donors (Lipinski definition) is 1. The molecule has 0 saturated carbocycles. The van der Waals surface area contributed by atoms with Crippen LogP contribution in [-0.2, 0) is 16.1 Å². The number of carbonyl (C=O) groups excluding carboxylic acids is 1. The summed E-state index contributed by atoms with van der Waals surface area (Å²) in [5.41, 5.74) is 0.933. The molecule has 0 aliphatic heterocycles. The highest BCUT2D eigenvalue weighted by molar-refractivity contribution is 8.00. The largest absolute Gasteiger partial charge is 0.383 e. The third-order valence-corrected chi connectivity index (χ3v) is 4.59. The Kier molecular flexibility index (Phi) is 7.39. The average molecular weight is 363 g/mol. The van der Waals surface area contributed by atoms with Crippen LogP contribution in [0.2, 0.25) is 0 Å². The summed E-state index contributed by atoms with van der Waals surface area (Å²) in [7, 11) is 1.66. The minimum Gasteiger partial charge on any atom is -0.383 e. The molecule has 0 fully saturated rings. The smallest absolute Gasteiger partial charge is 0.233 e. The van der Waals surface area contributed by atoms with Gasteiger partial charge in [-0.25, -0.2) is 0 Å². The van der Waals surface area contributed by atoms with Crippen LogP contribution >= 0.6 is 11.8 Å². The quantitative estimate of drug-likeness (QED) is 0.688. The molecule has 2 aromatic heterocycles. The lowest BCUT2D eigenvalue weighted by Gasteiger charge is -2.14. The summed E-state index contributed by atoms with van der Waals surface area (Å²) in [5.74, 6) is 1.17. The van der Waals surface area contributed by atoms with Gasteiger partial charge < -0.3 is 10.1 Å². The molecule has 0 spiro atoms. The Morgan fingerprint density at radius 1 is 1.28 bits per heavy atom. The zero-order valence-electron chi connectivity index (χ0n) is 15.1. The number of aromatic nitrogens is 4. The Balaban J connectivity index is 2.17. The number of pyridine rings is 1. The topological polar surface area (TPSA) is 81.9 Å². The van der Waals surface area contributed by atoms with Crippen LogP contribution in [0.1, 0.15) is 20.8 Å². The molecule has 2 rings (SSSR count). The van der Waals surface area contributed by atoms with Gasteiger partial charge in [0.15, 0.2) is 11.0 Å². The Morgan fingerprint density at radius 3 is 2.64 bits per heavy atom. The molecule has 1 amide bonds. The predicted octanol–water partition coefficient (Wildman–Crippen LogP) is 2.24. The van der Waals surface area contributed by atoms with Crippen molar-refractivity contribution in [3.63, 3.8) is 0 Å². The number of methoxy groups -OCH3 is 1. The lowest BCUT2D eigenvalue weighted by atomic mass is 10.2. The molecule has 1 unspecified atom stereocenters. The van der Waals surface area contributed by atoms with Crippen molar-refractivity contribution < 1.29 is 9.53 Å². The van der Waals surface area contributed by atoms with Crippen LogP contribution in [0.15, 0.2) is 29.7 Å². The first-order valence-electron chi connectivity index (χ1n) is 8.29. The van der Waals surface area contributed by atoms with Crippen molar-refractivity contribution in [3.05, 3.63) is 24.5 Å². The van der Waals surface area contributed by atoms with Gasteiger partial charge in [0, 0.05) is 31.6 Å². The Bertz CT molecular complexity index is 675. The van der Waals surface area contributed by atoms with E-state index in [0.717, 1.165) is 11.4 Å². The van der Waals surface area contributed by atoms with Crippen LogP contribution in [0.3, 0.4) is 0 Å². The van der Waals surface area contributed by atoms with Crippen LogP contribution in [0, 0.1) is 5.92 Å². The van der Waals surface area contributed by atoms with E-state index in [1.54, 1.807) is 19.5 Å². The summed E-state index contributed by atoms with van der Waals surface area (Å²) in [5, 5.41) is 12.0. The summed E-state index contributed by atoms with van der Waals surface area (Å²) >= 11 is 1.40. The van der Waals surface area contributed by atoms with Gasteiger partial charge in [-0.05, 0) is 25.0 Å². The molecule has 2 heterocycles. The van der Waals surface area contributed by atoms with E-state index >= 15 is 0 Å². The van der Waals surface area contributed by atoms with Crippen molar-refractivity contribution in [3.8, 4) is 11.4 Å². The van der Waals surface area contributed by atoms with Gasteiger partial charge in [-0.1, -0.05) is 25.6 Å². The predicted molar refractivity (Wildman–Crippen MR) is 98.3 cm³/mol. The number of carbonyl (C=O) groups is 1. The van der Waals surface area contributed by atoms with E-state index in [4.69, 9.17) is 4.74 Å². The molecule has 0 aliphatic rings. The Labute approximate surface area is 152 Å². The molecule has 2 aromatic rings. The lowest BCUT2D eigenvalue weighted by Crippen LogP contribution is -2.33. The molecule has 0 bridgehead atoms. The number of thioether (sulfide) groups is 1. The molecule has 0 radical (unpaired) electrons. The van der Waals surface area contributed by atoms with Crippen molar-refractivity contribution in [2.75, 3.05) is 20.3 Å². The van der Waals surface area contributed by atoms with Crippen molar-refractivity contribution in [2.45, 2.75) is 37.7 Å². The van der Waals surface area contributed by atoms with Crippen LogP contribution in [0.5, 0.6) is 0 Å². The number of amides is 1. The van der Waals surface area contributed by atoms with E-state index in [1.165, 1.54) is 11.8 Å². The summed E-state index contributed by atoms with van der Waals surface area (Å²) in [6.45, 7) is 7.84. The second kappa shape index (κ2) is 9.53. The van der Waals surface area contributed by atoms with Gasteiger partial charge in [-0.15, -0.1) is 10.2 Å². The van der Waals surface area contributed by atoms with Gasteiger partial charge in [0.25, 0.3) is 0 Å². The van der Waals surface area contributed by atoms with Gasteiger partial charge in [0.2, 0.25) is 5.91 Å². The van der Waals surface area contributed by atoms with Gasteiger partial charge in [-0.2, -0.15) is 0 Å². The fraction of sp³-hybridized carbons (Fsp3) is 0.529. The minimum absolute atomic E-state index is 0.00505. The highest BCUT2D eigenvalue weighted by Gasteiger charge is 2.20. The summed E-state index contributed by atoms with van der Waals surface area (Å²) in [6, 6.07) is 3.78. The average Bonchev–Trinajstić information content (AvgIpc) is 3.00. The third kappa shape index (κ3) is 5.54. The lowest BCUT2D eigenvalue weighted by molar-refractivity contribution is -0.120. The fourth-order valence-corrected chi connectivity index (χ4v) is 3.03. The van der Waals surface area contributed by atoms with Gasteiger partial charge in [-0.3, -0.25) is 14.3 Å². The van der Waals surface area contributed by atoms with E-state index in [0.29, 0.717) is 30.8 Å². The first-order chi connectivity index (χ1) is 12.0. The molecule has 1 N–H and O–H groups in total. The van der Waals surface area contributed by atoms with Crippen molar-refractivity contribution in [2.24, 2.45) is 5.92 Å². The molecular weight excluding hydrogens is 338 g/mol. The monoisotopic (exact) mass is 363 g/mol. The fourth-order valence-electron chi connectivity index (χ4n) is 2.13. The van der Waals surface area contributed by atoms with Crippen molar-refractivity contribution >= 4 is 17.7 Å². The molecule has 7 nitrogen and oxygen atoms in total. The van der Waals surface area contributed by atoms with Crippen molar-refractivity contribution in [1.29, 1.82) is 0 Å². The van der Waals surface area contributed by atoms with E-state index in [2.05, 4.69) is 34.3 Å². The molecule has 8 heteroatoms. The number of rotatable bonds is 9. The molecule has 136 valence electrons. The highest BCUT2D eigenvalue weighted by atomic mass is 32.2. The molecule has 1 atom stereocenters. The first-order valence-corrected chi connectivity index (χ1v) is 9.17. The molecular formula is C17H25N5O2S. The third-order valence-electron chi connectivity index (χ3n) is 3.51. The maximum atomic E-state index is 12.2. The van der Waals surface area contributed by atoms with E-state index in [-0.39, 0.29) is 11.2 Å². The maximum Gasteiger partial charge on any atom is 0.233 e. The van der Waals surface area contributed by atoms with E-state index < -0.39 is 0 Å². The van der Waals surface area contributed by atoms with E-state index in [1.807, 2.05) is 23.6 Å². The number of hydrogen-bond acceptors (Lipinski definition) is 6.